The van der Waals surface area contributed by atoms with E-state index in [0.717, 1.165) is 41.0 Å². The van der Waals surface area contributed by atoms with Crippen LogP contribution in [0.15, 0.2) is 65.6 Å². The molecule has 0 bridgehead atoms. The molecule has 246 valence electrons. The maximum atomic E-state index is 13.9. The Kier molecular flexibility index (Phi) is 12.6. The lowest BCUT2D eigenvalue weighted by molar-refractivity contribution is -0.138. The van der Waals surface area contributed by atoms with Crippen LogP contribution in [-0.4, -0.2) is 62.2 Å². The molecule has 0 spiro atoms. The van der Waals surface area contributed by atoms with Gasteiger partial charge < -0.3 is 15.2 Å². The first kappa shape index (κ1) is 36.4. The largest absolute Gasteiger partial charge is 0.463 e. The Morgan fingerprint density at radius 1 is 1.13 bits per heavy atom. The fourth-order valence-electron chi connectivity index (χ4n) is 4.76. The van der Waals surface area contributed by atoms with Gasteiger partial charge in [0.25, 0.3) is 0 Å². The van der Waals surface area contributed by atoms with E-state index in [4.69, 9.17) is 4.74 Å². The van der Waals surface area contributed by atoms with Crippen molar-refractivity contribution in [2.24, 2.45) is 0 Å². The Labute approximate surface area is 267 Å². The maximum Gasteiger partial charge on any atom is 0.416 e. The highest BCUT2D eigenvalue weighted by Gasteiger charge is 2.34. The number of aryl methyl sites for hydroxylation is 2. The topological polar surface area (TPSA) is 95.9 Å². The van der Waals surface area contributed by atoms with Crippen molar-refractivity contribution in [2.45, 2.75) is 69.7 Å². The van der Waals surface area contributed by atoms with Gasteiger partial charge in [0, 0.05) is 41.5 Å². The number of hydrogen-bond donors (Lipinski definition) is 2. The number of likely N-dealkylation sites (N-methyl/N-ethyl adjacent to an activating group) is 1. The lowest BCUT2D eigenvalue weighted by Crippen LogP contribution is -2.46. The van der Waals surface area contributed by atoms with Crippen LogP contribution in [-0.2, 0) is 32.2 Å². The van der Waals surface area contributed by atoms with Crippen LogP contribution in [0.4, 0.5) is 13.2 Å². The van der Waals surface area contributed by atoms with Crippen LogP contribution in [0.25, 0.3) is 16.5 Å². The lowest BCUT2D eigenvalue weighted by atomic mass is 9.95. The summed E-state index contributed by atoms with van der Waals surface area (Å²) in [4.78, 5) is 12.2. The maximum absolute atomic E-state index is 13.9. The molecule has 12 heteroatoms. The zero-order valence-corrected chi connectivity index (χ0v) is 27.8. The van der Waals surface area contributed by atoms with E-state index in [1.807, 2.05) is 32.0 Å². The number of carbonyl (C=O) groups excluding carboxylic acids is 1. The first-order valence-electron chi connectivity index (χ1n) is 14.6. The molecule has 0 fully saturated rings. The minimum absolute atomic E-state index is 0.0783. The van der Waals surface area contributed by atoms with Crippen LogP contribution in [0.3, 0.4) is 0 Å². The minimum Gasteiger partial charge on any atom is -0.463 e. The van der Waals surface area contributed by atoms with E-state index in [2.05, 4.69) is 17.4 Å². The Hall–Kier alpha value is -3.03. The van der Waals surface area contributed by atoms with Crippen molar-refractivity contribution >= 4 is 33.4 Å². The van der Waals surface area contributed by atoms with Gasteiger partial charge in [-0.3, -0.25) is 0 Å². The summed E-state index contributed by atoms with van der Waals surface area (Å²) in [7, 11) is -3.17. The summed E-state index contributed by atoms with van der Waals surface area (Å²) in [5, 5.41) is 14.0. The predicted octanol–water partition coefficient (Wildman–Crippen LogP) is 6.69. The molecule has 3 aromatic rings. The Morgan fingerprint density at radius 3 is 2.47 bits per heavy atom. The van der Waals surface area contributed by atoms with Gasteiger partial charge in [0.2, 0.25) is 10.0 Å². The van der Waals surface area contributed by atoms with Crippen molar-refractivity contribution in [3.05, 3.63) is 82.2 Å². The fourth-order valence-corrected chi connectivity index (χ4v) is 7.10. The van der Waals surface area contributed by atoms with Crippen molar-refractivity contribution in [1.82, 2.24) is 9.62 Å². The van der Waals surface area contributed by atoms with E-state index >= 15 is 0 Å². The molecule has 0 saturated heterocycles. The monoisotopic (exact) mass is 666 g/mol. The Bertz CT molecular complexity index is 1570. The summed E-state index contributed by atoms with van der Waals surface area (Å²) < 4.78 is 74.5. The molecule has 2 N–H and O–H groups in total. The van der Waals surface area contributed by atoms with Gasteiger partial charge in [-0.15, -0.1) is 11.3 Å². The van der Waals surface area contributed by atoms with Crippen molar-refractivity contribution in [3.63, 3.8) is 0 Å². The third kappa shape index (κ3) is 10.8. The molecule has 2 aromatic carbocycles. The Morgan fingerprint density at radius 2 is 1.82 bits per heavy atom. The van der Waals surface area contributed by atoms with E-state index in [-0.39, 0.29) is 30.8 Å². The number of benzene rings is 2. The number of aliphatic hydroxyl groups excluding tert-OH is 1. The number of sulfonamides is 1. The van der Waals surface area contributed by atoms with Crippen LogP contribution in [0.2, 0.25) is 0 Å². The average molecular weight is 667 g/mol. The van der Waals surface area contributed by atoms with Gasteiger partial charge in [0.15, 0.2) is 0 Å². The van der Waals surface area contributed by atoms with E-state index in [9.17, 15) is 31.5 Å². The molecule has 0 aliphatic carbocycles. The highest BCUT2D eigenvalue weighted by molar-refractivity contribution is 7.89. The molecule has 1 atom stereocenters. The van der Waals surface area contributed by atoms with Gasteiger partial charge >= 0.3 is 12.1 Å². The summed E-state index contributed by atoms with van der Waals surface area (Å²) >= 11 is 1.12. The third-order valence-electron chi connectivity index (χ3n) is 7.21. The fraction of sp³-hybridized carbons (Fsp3) is 0.424. The number of carbonyl (C=O) groups is 1. The molecule has 1 heterocycles. The number of halogens is 3. The van der Waals surface area contributed by atoms with Gasteiger partial charge in [0.05, 0.1) is 23.2 Å². The smallest absolute Gasteiger partial charge is 0.416 e. The number of aliphatic hydroxyl groups is 1. The summed E-state index contributed by atoms with van der Waals surface area (Å²) in [6, 6.07) is 14.5. The zero-order valence-electron chi connectivity index (χ0n) is 26.1. The minimum atomic E-state index is -4.80. The van der Waals surface area contributed by atoms with Gasteiger partial charge in [-0.1, -0.05) is 30.3 Å². The van der Waals surface area contributed by atoms with Crippen molar-refractivity contribution in [2.75, 3.05) is 26.7 Å². The number of nitrogens with zero attached hydrogens (tertiary/aromatic N) is 1. The lowest BCUT2D eigenvalue weighted by Gasteiger charge is -2.29. The number of thiophene rings is 1. The second kappa shape index (κ2) is 15.5. The highest BCUT2D eigenvalue weighted by Crippen LogP contribution is 2.39. The van der Waals surface area contributed by atoms with E-state index in [0.29, 0.717) is 21.4 Å². The number of β-amino-alcohol motifs (C(OH)–C–C–N with tert-alkyl or cyclic N) is 1. The average Bonchev–Trinajstić information content (AvgIpc) is 3.35. The zero-order chi connectivity index (χ0) is 33.4. The van der Waals surface area contributed by atoms with E-state index in [1.165, 1.54) is 30.8 Å². The first-order valence-corrected chi connectivity index (χ1v) is 16.9. The van der Waals surface area contributed by atoms with Crippen LogP contribution >= 0.6 is 11.3 Å². The highest BCUT2D eigenvalue weighted by atomic mass is 32.2. The summed E-state index contributed by atoms with van der Waals surface area (Å²) in [5.41, 5.74) is 0.495. The van der Waals surface area contributed by atoms with Gasteiger partial charge in [-0.2, -0.15) is 17.5 Å². The summed E-state index contributed by atoms with van der Waals surface area (Å²) in [6.07, 6.45) is -0.536. The summed E-state index contributed by atoms with van der Waals surface area (Å²) in [5.74, 6) is -0.551. The van der Waals surface area contributed by atoms with Gasteiger partial charge in [-0.25, -0.2) is 13.2 Å². The summed E-state index contributed by atoms with van der Waals surface area (Å²) in [6.45, 7) is 7.35. The molecule has 1 unspecified atom stereocenters. The molecule has 0 aliphatic rings. The number of hydrogen-bond acceptors (Lipinski definition) is 7. The molecule has 7 nitrogen and oxygen atoms in total. The quantitative estimate of drug-likeness (QED) is 0.139. The molecule has 0 aliphatic heterocycles. The third-order valence-corrected chi connectivity index (χ3v) is 10.3. The number of rotatable bonds is 15. The van der Waals surface area contributed by atoms with Crippen LogP contribution < -0.4 is 5.32 Å². The molecule has 0 radical (unpaired) electrons. The number of nitrogens with one attached hydrogen (secondary N) is 1. The number of esters is 1. The van der Waals surface area contributed by atoms with E-state index in [1.54, 1.807) is 19.9 Å². The van der Waals surface area contributed by atoms with Crippen molar-refractivity contribution < 1.29 is 36.2 Å². The van der Waals surface area contributed by atoms with Crippen molar-refractivity contribution in [1.29, 1.82) is 0 Å². The predicted molar refractivity (Wildman–Crippen MR) is 172 cm³/mol. The Balaban J connectivity index is 1.74. The first-order chi connectivity index (χ1) is 21.0. The molecule has 0 amide bonds. The molecule has 1 aromatic heterocycles. The van der Waals surface area contributed by atoms with Crippen LogP contribution in [0.5, 0.6) is 0 Å². The number of alkyl halides is 3. The second-order valence-corrected chi connectivity index (χ2v) is 14.7. The van der Waals surface area contributed by atoms with Crippen molar-refractivity contribution in [3.8, 4) is 10.4 Å². The molecule has 45 heavy (non-hydrogen) atoms. The molecule has 3 rings (SSSR count). The normalized spacial score (nSPS) is 13.5. The molecular weight excluding hydrogens is 626 g/mol. The van der Waals surface area contributed by atoms with Gasteiger partial charge in [0.1, 0.15) is 0 Å². The van der Waals surface area contributed by atoms with Gasteiger partial charge in [-0.05, 0) is 94.0 Å². The van der Waals surface area contributed by atoms with Crippen LogP contribution in [0, 0.1) is 6.92 Å². The second-order valence-electron chi connectivity index (χ2n) is 11.5. The molecule has 0 saturated carbocycles. The SMILES string of the molecule is CCOC(=O)C=Cc1cc(C)c(-c2cc(C(F)(F)F)cc(S(=O)(=O)N(C)CC(O)CNC(C)(C)CCCc3ccccc3)c2)s1. The van der Waals surface area contributed by atoms with Crippen LogP contribution in [0.1, 0.15) is 55.2 Å². The van der Waals surface area contributed by atoms with E-state index < -0.39 is 38.7 Å². The standard InChI is InChI=1S/C33H41F3N2O5S2/c1-6-43-30(40)15-14-28-17-23(2)31(44-28)25-18-26(33(34,35)36)20-29(19-25)45(41,42)38(5)22-27(39)21-37-32(3,4)16-10-13-24-11-8-7-9-12-24/h7-9,11-12,14-15,17-20,27,37,39H,6,10,13,16,21-22H2,1-5H3. The molecular formula is C33H41F3N2O5S2. The number of ether oxygens (including phenoxy) is 1.